The smallest absolute Gasteiger partial charge is 0.309 e. The van der Waals surface area contributed by atoms with Crippen molar-refractivity contribution >= 4 is 11.8 Å². The van der Waals surface area contributed by atoms with E-state index in [-0.39, 0.29) is 25.4 Å². The van der Waals surface area contributed by atoms with Crippen molar-refractivity contribution in [1.82, 2.24) is 0 Å². The van der Waals surface area contributed by atoms with Gasteiger partial charge in [0.25, 0.3) is 0 Å². The van der Waals surface area contributed by atoms with Crippen LogP contribution in [0.25, 0.3) is 0 Å². The van der Waals surface area contributed by atoms with Crippen molar-refractivity contribution in [3.63, 3.8) is 0 Å². The first-order chi connectivity index (χ1) is 13.6. The maximum absolute atomic E-state index is 12.2. The summed E-state index contributed by atoms with van der Waals surface area (Å²) in [7, 11) is 2.99. The van der Waals surface area contributed by atoms with Crippen LogP contribution in [0, 0.1) is 0 Å². The van der Waals surface area contributed by atoms with Crippen LogP contribution in [0.4, 0.5) is 0 Å². The van der Waals surface area contributed by atoms with E-state index in [4.69, 9.17) is 23.7 Å². The number of carbonyl (C=O) groups is 2. The highest BCUT2D eigenvalue weighted by Gasteiger charge is 2.13. The van der Waals surface area contributed by atoms with Crippen LogP contribution in [0.2, 0.25) is 0 Å². The molecule has 0 aliphatic rings. The molecule has 0 aromatic heterocycles. The Labute approximate surface area is 164 Å². The predicted octanol–water partition coefficient (Wildman–Crippen LogP) is 3.30. The molecule has 0 aliphatic heterocycles. The predicted molar refractivity (Wildman–Crippen MR) is 103 cm³/mol. The summed E-state index contributed by atoms with van der Waals surface area (Å²) in [6, 6.07) is 11.9. The Morgan fingerprint density at radius 3 is 2.11 bits per heavy atom. The van der Waals surface area contributed by atoms with E-state index in [9.17, 15) is 9.59 Å². The van der Waals surface area contributed by atoms with Crippen LogP contribution in [0.3, 0.4) is 0 Å². The van der Waals surface area contributed by atoms with Crippen molar-refractivity contribution in [2.24, 2.45) is 0 Å². The first kappa shape index (κ1) is 21.1. The zero-order chi connectivity index (χ0) is 20.4. The summed E-state index contributed by atoms with van der Waals surface area (Å²) >= 11 is 0. The molecule has 0 heterocycles. The van der Waals surface area contributed by atoms with Gasteiger partial charge in [0.1, 0.15) is 11.5 Å². The van der Waals surface area contributed by atoms with Crippen molar-refractivity contribution in [2.75, 3.05) is 34.0 Å². The lowest BCUT2D eigenvalue weighted by Gasteiger charge is -2.10. The number of ketones is 1. The fraction of sp³-hybridized carbons (Fsp3) is 0.333. The summed E-state index contributed by atoms with van der Waals surface area (Å²) in [6.45, 7) is 2.30. The summed E-state index contributed by atoms with van der Waals surface area (Å²) in [5.41, 5.74) is 0.371. The van der Waals surface area contributed by atoms with Crippen LogP contribution in [-0.4, -0.2) is 45.8 Å². The second-order valence-electron chi connectivity index (χ2n) is 5.66. The van der Waals surface area contributed by atoms with Gasteiger partial charge < -0.3 is 23.7 Å². The SMILES string of the molecule is CCOc1ccc(OCCC(=O)OCC(=O)c2ccc(OC)c(OC)c2)cc1. The van der Waals surface area contributed by atoms with Crippen LogP contribution in [-0.2, 0) is 9.53 Å². The second-order valence-corrected chi connectivity index (χ2v) is 5.66. The molecule has 150 valence electrons. The maximum Gasteiger partial charge on any atom is 0.309 e. The molecule has 7 heteroatoms. The van der Waals surface area contributed by atoms with E-state index in [0.29, 0.717) is 29.4 Å². The summed E-state index contributed by atoms with van der Waals surface area (Å²) in [5.74, 6) is 1.48. The van der Waals surface area contributed by atoms with Crippen molar-refractivity contribution in [1.29, 1.82) is 0 Å². The number of hydrogen-bond acceptors (Lipinski definition) is 7. The van der Waals surface area contributed by atoms with Crippen molar-refractivity contribution < 1.29 is 33.3 Å². The maximum atomic E-state index is 12.2. The third kappa shape index (κ3) is 6.19. The van der Waals surface area contributed by atoms with E-state index in [1.807, 2.05) is 6.92 Å². The van der Waals surface area contributed by atoms with Crippen LogP contribution in [0.15, 0.2) is 42.5 Å². The summed E-state index contributed by atoms with van der Waals surface area (Å²) < 4.78 is 26.1. The molecule has 0 saturated heterocycles. The lowest BCUT2D eigenvalue weighted by molar-refractivity contribution is -0.143. The third-order valence-corrected chi connectivity index (χ3v) is 3.78. The van der Waals surface area contributed by atoms with Gasteiger partial charge in [-0.3, -0.25) is 9.59 Å². The van der Waals surface area contributed by atoms with Gasteiger partial charge in [0.2, 0.25) is 0 Å². The van der Waals surface area contributed by atoms with E-state index in [1.54, 1.807) is 42.5 Å². The molecule has 0 atom stereocenters. The van der Waals surface area contributed by atoms with Gasteiger partial charge in [0.15, 0.2) is 23.9 Å². The molecule has 0 saturated carbocycles. The minimum Gasteiger partial charge on any atom is -0.494 e. The van der Waals surface area contributed by atoms with Crippen molar-refractivity contribution in [3.8, 4) is 23.0 Å². The molecule has 2 rings (SSSR count). The number of ether oxygens (including phenoxy) is 5. The molecule has 0 amide bonds. The number of esters is 1. The zero-order valence-electron chi connectivity index (χ0n) is 16.2. The molecule has 28 heavy (non-hydrogen) atoms. The molecule has 2 aromatic carbocycles. The molecule has 2 aromatic rings. The standard InChI is InChI=1S/C21H24O7/c1-4-26-16-6-8-17(9-7-16)27-12-11-21(23)28-14-18(22)15-5-10-19(24-2)20(13-15)25-3/h5-10,13H,4,11-12,14H2,1-3H3. The zero-order valence-corrected chi connectivity index (χ0v) is 16.2. The topological polar surface area (TPSA) is 80.3 Å². The molecule has 0 radical (unpaired) electrons. The first-order valence-electron chi connectivity index (χ1n) is 8.84. The lowest BCUT2D eigenvalue weighted by Crippen LogP contribution is -2.16. The number of benzene rings is 2. The highest BCUT2D eigenvalue weighted by molar-refractivity contribution is 5.98. The number of rotatable bonds is 11. The average Bonchev–Trinajstić information content (AvgIpc) is 2.73. The minimum atomic E-state index is -0.514. The third-order valence-electron chi connectivity index (χ3n) is 3.78. The Kier molecular flexibility index (Phi) is 8.14. The largest absolute Gasteiger partial charge is 0.494 e. The molecular weight excluding hydrogens is 364 g/mol. The quantitative estimate of drug-likeness (QED) is 0.432. The molecule has 0 bridgehead atoms. The summed E-state index contributed by atoms with van der Waals surface area (Å²) in [4.78, 5) is 24.0. The lowest BCUT2D eigenvalue weighted by atomic mass is 10.1. The summed E-state index contributed by atoms with van der Waals surface area (Å²) in [6.07, 6.45) is 0.0342. The van der Waals surface area contributed by atoms with Gasteiger partial charge in [-0.1, -0.05) is 0 Å². The van der Waals surface area contributed by atoms with Gasteiger partial charge in [-0.05, 0) is 49.4 Å². The van der Waals surface area contributed by atoms with Crippen molar-refractivity contribution in [2.45, 2.75) is 13.3 Å². The molecule has 0 unspecified atom stereocenters. The van der Waals surface area contributed by atoms with Gasteiger partial charge in [-0.25, -0.2) is 0 Å². The summed E-state index contributed by atoms with van der Waals surface area (Å²) in [5, 5.41) is 0. The molecular formula is C21H24O7. The average molecular weight is 388 g/mol. The monoisotopic (exact) mass is 388 g/mol. The molecule has 0 fully saturated rings. The van der Waals surface area contributed by atoms with E-state index in [2.05, 4.69) is 0 Å². The number of methoxy groups -OCH3 is 2. The number of hydrogen-bond donors (Lipinski definition) is 0. The molecule has 0 N–H and O–H groups in total. The van der Waals surface area contributed by atoms with Crippen LogP contribution < -0.4 is 18.9 Å². The number of Topliss-reactive ketones (excluding diaryl/α,β-unsaturated/α-hetero) is 1. The highest BCUT2D eigenvalue weighted by atomic mass is 16.5. The Morgan fingerprint density at radius 2 is 1.50 bits per heavy atom. The fourth-order valence-electron chi connectivity index (χ4n) is 2.36. The van der Waals surface area contributed by atoms with Gasteiger partial charge in [0, 0.05) is 5.56 Å². The molecule has 0 spiro atoms. The Morgan fingerprint density at radius 1 is 0.857 bits per heavy atom. The van der Waals surface area contributed by atoms with E-state index >= 15 is 0 Å². The molecule has 7 nitrogen and oxygen atoms in total. The van der Waals surface area contributed by atoms with E-state index in [0.717, 1.165) is 5.75 Å². The molecule has 0 aliphatic carbocycles. The van der Waals surface area contributed by atoms with Crippen LogP contribution >= 0.6 is 0 Å². The minimum absolute atomic E-state index is 0.0342. The van der Waals surface area contributed by atoms with Gasteiger partial charge >= 0.3 is 5.97 Å². The Hall–Kier alpha value is -3.22. The normalized spacial score (nSPS) is 10.1. The highest BCUT2D eigenvalue weighted by Crippen LogP contribution is 2.27. The van der Waals surface area contributed by atoms with Crippen molar-refractivity contribution in [3.05, 3.63) is 48.0 Å². The van der Waals surface area contributed by atoms with Crippen LogP contribution in [0.5, 0.6) is 23.0 Å². The van der Waals surface area contributed by atoms with Gasteiger partial charge in [-0.15, -0.1) is 0 Å². The van der Waals surface area contributed by atoms with Crippen LogP contribution in [0.1, 0.15) is 23.7 Å². The first-order valence-corrected chi connectivity index (χ1v) is 8.84. The second kappa shape index (κ2) is 10.8. The van der Waals surface area contributed by atoms with Gasteiger partial charge in [0.05, 0.1) is 33.9 Å². The van der Waals surface area contributed by atoms with E-state index in [1.165, 1.54) is 14.2 Å². The van der Waals surface area contributed by atoms with E-state index < -0.39 is 5.97 Å². The number of carbonyl (C=O) groups excluding carboxylic acids is 2. The van der Waals surface area contributed by atoms with Gasteiger partial charge in [-0.2, -0.15) is 0 Å². The Balaban J connectivity index is 1.75. The Bertz CT molecular complexity index is 784. The fourth-order valence-corrected chi connectivity index (χ4v) is 2.36.